The molecule has 1 saturated carbocycles. The number of hydrogen-bond donors (Lipinski definition) is 3. The van der Waals surface area contributed by atoms with Crippen LogP contribution in [0, 0.1) is 0 Å². The third-order valence-electron chi connectivity index (χ3n) is 5.34. The van der Waals surface area contributed by atoms with Crippen LogP contribution in [0.15, 0.2) is 54.6 Å². The molecule has 6 heteroatoms. The van der Waals surface area contributed by atoms with E-state index >= 15 is 0 Å². The van der Waals surface area contributed by atoms with Gasteiger partial charge in [-0.15, -0.1) is 0 Å². The van der Waals surface area contributed by atoms with Gasteiger partial charge in [-0.2, -0.15) is 0 Å². The highest BCUT2D eigenvalue weighted by Crippen LogP contribution is 2.41. The Bertz CT molecular complexity index is 991. The zero-order chi connectivity index (χ0) is 18.9. The Kier molecular flexibility index (Phi) is 4.62. The second-order valence-corrected chi connectivity index (χ2v) is 7.41. The van der Waals surface area contributed by atoms with Crippen LogP contribution in [-0.2, 0) is 10.2 Å². The number of nitrogens with one attached hydrogen (secondary N) is 3. The normalized spacial score (nSPS) is 15.6. The molecule has 138 valence electrons. The maximum absolute atomic E-state index is 13.0. The van der Waals surface area contributed by atoms with Gasteiger partial charge in [-0.3, -0.25) is 20.4 Å². The monoisotopic (exact) mass is 381 g/mol. The largest absolute Gasteiger partial charge is 0.350 e. The molecular formula is C21H20ClN3O2. The number of aromatic amines is 1. The highest BCUT2D eigenvalue weighted by atomic mass is 35.5. The molecule has 1 aliphatic carbocycles. The SMILES string of the molecule is O=C(NNC(=O)C1(c2ccccc2)CCCC1)c1cc2cc(Cl)ccc2[nH]1. The van der Waals surface area contributed by atoms with E-state index in [9.17, 15) is 9.59 Å². The van der Waals surface area contributed by atoms with Crippen molar-refractivity contribution in [2.45, 2.75) is 31.1 Å². The van der Waals surface area contributed by atoms with Crippen LogP contribution in [0.3, 0.4) is 0 Å². The molecule has 0 unspecified atom stereocenters. The molecule has 4 rings (SSSR count). The van der Waals surface area contributed by atoms with Crippen LogP contribution in [0.5, 0.6) is 0 Å². The van der Waals surface area contributed by atoms with Gasteiger partial charge in [0.1, 0.15) is 5.69 Å². The number of rotatable bonds is 3. The highest BCUT2D eigenvalue weighted by molar-refractivity contribution is 6.31. The molecule has 3 N–H and O–H groups in total. The number of halogens is 1. The summed E-state index contributed by atoms with van der Waals surface area (Å²) in [6, 6.07) is 16.9. The summed E-state index contributed by atoms with van der Waals surface area (Å²) < 4.78 is 0. The maximum atomic E-state index is 13.0. The summed E-state index contributed by atoms with van der Waals surface area (Å²) in [4.78, 5) is 28.5. The second-order valence-electron chi connectivity index (χ2n) is 6.98. The van der Waals surface area contributed by atoms with Crippen molar-refractivity contribution >= 4 is 34.3 Å². The van der Waals surface area contributed by atoms with E-state index in [0.717, 1.165) is 42.1 Å². The van der Waals surface area contributed by atoms with E-state index in [-0.39, 0.29) is 5.91 Å². The molecule has 1 aromatic heterocycles. The van der Waals surface area contributed by atoms with Gasteiger partial charge in [-0.1, -0.05) is 54.8 Å². The molecule has 2 amide bonds. The first-order valence-corrected chi connectivity index (χ1v) is 9.41. The number of aromatic nitrogens is 1. The van der Waals surface area contributed by atoms with Crippen LogP contribution >= 0.6 is 11.6 Å². The van der Waals surface area contributed by atoms with Crippen LogP contribution in [0.2, 0.25) is 5.02 Å². The lowest BCUT2D eigenvalue weighted by Crippen LogP contribution is -2.50. The average Bonchev–Trinajstić information content (AvgIpc) is 3.34. The smallest absolute Gasteiger partial charge is 0.286 e. The maximum Gasteiger partial charge on any atom is 0.286 e. The minimum atomic E-state index is -0.581. The van der Waals surface area contributed by atoms with Crippen LogP contribution in [0.25, 0.3) is 10.9 Å². The number of carbonyl (C=O) groups excluding carboxylic acids is 2. The molecule has 2 aromatic carbocycles. The van der Waals surface area contributed by atoms with Crippen molar-refractivity contribution in [3.8, 4) is 0 Å². The number of benzene rings is 2. The Balaban J connectivity index is 1.49. The van der Waals surface area contributed by atoms with Crippen molar-refractivity contribution in [2.24, 2.45) is 0 Å². The first kappa shape index (κ1) is 17.6. The van der Waals surface area contributed by atoms with Gasteiger partial charge < -0.3 is 4.98 Å². The standard InChI is InChI=1S/C21H20ClN3O2/c22-16-8-9-17-14(12-16)13-18(23-17)19(26)24-25-20(27)21(10-4-5-11-21)15-6-2-1-3-7-15/h1-3,6-9,12-13,23H,4-5,10-11H2,(H,24,26)(H,25,27). The topological polar surface area (TPSA) is 74.0 Å². The lowest BCUT2D eigenvalue weighted by Gasteiger charge is -2.28. The van der Waals surface area contributed by atoms with Crippen LogP contribution in [0.4, 0.5) is 0 Å². The number of fused-ring (bicyclic) bond motifs is 1. The summed E-state index contributed by atoms with van der Waals surface area (Å²) in [5.41, 5.74) is 6.77. The van der Waals surface area contributed by atoms with E-state index in [1.807, 2.05) is 36.4 Å². The molecule has 1 fully saturated rings. The lowest BCUT2D eigenvalue weighted by molar-refractivity contribution is -0.127. The third kappa shape index (κ3) is 3.30. The molecule has 1 aliphatic rings. The Hall–Kier alpha value is -2.79. The lowest BCUT2D eigenvalue weighted by atomic mass is 9.78. The molecule has 0 radical (unpaired) electrons. The van der Waals surface area contributed by atoms with Crippen molar-refractivity contribution in [2.75, 3.05) is 0 Å². The summed E-state index contributed by atoms with van der Waals surface area (Å²) in [6.45, 7) is 0. The highest BCUT2D eigenvalue weighted by Gasteiger charge is 2.42. The van der Waals surface area contributed by atoms with Crippen molar-refractivity contribution < 1.29 is 9.59 Å². The molecule has 1 heterocycles. The third-order valence-corrected chi connectivity index (χ3v) is 5.57. The van der Waals surface area contributed by atoms with Crippen LogP contribution < -0.4 is 10.9 Å². The molecule has 0 saturated heterocycles. The summed E-state index contributed by atoms with van der Waals surface area (Å²) >= 11 is 5.99. The zero-order valence-electron chi connectivity index (χ0n) is 14.7. The number of carbonyl (C=O) groups is 2. The molecule has 0 atom stereocenters. The van der Waals surface area contributed by atoms with Gasteiger partial charge in [0.25, 0.3) is 5.91 Å². The number of hydrogen-bond acceptors (Lipinski definition) is 2. The van der Waals surface area contributed by atoms with Crippen LogP contribution in [-0.4, -0.2) is 16.8 Å². The van der Waals surface area contributed by atoms with Gasteiger partial charge in [0.15, 0.2) is 0 Å². The Labute approximate surface area is 162 Å². The van der Waals surface area contributed by atoms with Crippen LogP contribution in [0.1, 0.15) is 41.7 Å². The minimum absolute atomic E-state index is 0.168. The fraction of sp³-hybridized carbons (Fsp3) is 0.238. The molecular weight excluding hydrogens is 362 g/mol. The van der Waals surface area contributed by atoms with E-state index in [1.54, 1.807) is 18.2 Å². The van der Waals surface area contributed by atoms with E-state index in [0.29, 0.717) is 10.7 Å². The molecule has 3 aromatic rings. The van der Waals surface area contributed by atoms with Gasteiger partial charge in [0.05, 0.1) is 5.41 Å². The number of H-pyrrole nitrogens is 1. The quantitative estimate of drug-likeness (QED) is 0.598. The molecule has 27 heavy (non-hydrogen) atoms. The molecule has 0 aliphatic heterocycles. The second kappa shape index (κ2) is 7.08. The van der Waals surface area contributed by atoms with E-state index < -0.39 is 11.3 Å². The predicted octanol–water partition coefficient (Wildman–Crippen LogP) is 4.09. The van der Waals surface area contributed by atoms with Crippen molar-refractivity contribution in [3.05, 3.63) is 70.9 Å². The molecule has 0 bridgehead atoms. The average molecular weight is 382 g/mol. The number of amides is 2. The Morgan fingerprint density at radius 1 is 0.963 bits per heavy atom. The van der Waals surface area contributed by atoms with E-state index in [2.05, 4.69) is 15.8 Å². The fourth-order valence-corrected chi connectivity index (χ4v) is 4.09. The minimum Gasteiger partial charge on any atom is -0.350 e. The predicted molar refractivity (Wildman–Crippen MR) is 106 cm³/mol. The summed E-state index contributed by atoms with van der Waals surface area (Å²) in [5, 5.41) is 1.45. The Morgan fingerprint density at radius 3 is 2.44 bits per heavy atom. The summed E-state index contributed by atoms with van der Waals surface area (Å²) in [6.07, 6.45) is 3.56. The fourth-order valence-electron chi connectivity index (χ4n) is 3.91. The van der Waals surface area contributed by atoms with Crippen molar-refractivity contribution in [1.82, 2.24) is 15.8 Å². The summed E-state index contributed by atoms with van der Waals surface area (Å²) in [7, 11) is 0. The van der Waals surface area contributed by atoms with Gasteiger partial charge in [-0.05, 0) is 42.7 Å². The van der Waals surface area contributed by atoms with Crippen molar-refractivity contribution in [3.63, 3.8) is 0 Å². The van der Waals surface area contributed by atoms with Gasteiger partial charge in [0.2, 0.25) is 5.91 Å². The zero-order valence-corrected chi connectivity index (χ0v) is 15.5. The van der Waals surface area contributed by atoms with E-state index in [4.69, 9.17) is 11.6 Å². The van der Waals surface area contributed by atoms with Gasteiger partial charge in [-0.25, -0.2) is 0 Å². The van der Waals surface area contributed by atoms with Gasteiger partial charge in [0, 0.05) is 15.9 Å². The Morgan fingerprint density at radius 2 is 1.70 bits per heavy atom. The van der Waals surface area contributed by atoms with E-state index in [1.165, 1.54) is 0 Å². The first-order chi connectivity index (χ1) is 13.1. The molecule has 5 nitrogen and oxygen atoms in total. The summed E-state index contributed by atoms with van der Waals surface area (Å²) in [5.74, 6) is -0.560. The molecule has 0 spiro atoms. The number of hydrazine groups is 1. The van der Waals surface area contributed by atoms with Crippen molar-refractivity contribution in [1.29, 1.82) is 0 Å². The first-order valence-electron chi connectivity index (χ1n) is 9.03. The van der Waals surface area contributed by atoms with Gasteiger partial charge >= 0.3 is 0 Å².